The van der Waals surface area contributed by atoms with Crippen molar-refractivity contribution in [2.45, 2.75) is 31.0 Å². The fourth-order valence-electron chi connectivity index (χ4n) is 1.85. The normalized spacial score (nSPS) is 13.5. The van der Waals surface area contributed by atoms with Crippen LogP contribution in [0.4, 0.5) is 0 Å². The fourth-order valence-corrected chi connectivity index (χ4v) is 2.02. The van der Waals surface area contributed by atoms with Crippen LogP contribution in [0, 0.1) is 0 Å². The van der Waals surface area contributed by atoms with Crippen molar-refractivity contribution in [3.8, 4) is 0 Å². The minimum Gasteiger partial charge on any atom is -0.480 e. The van der Waals surface area contributed by atoms with Crippen molar-refractivity contribution >= 4 is 42.3 Å². The molecule has 0 aromatic heterocycles. The van der Waals surface area contributed by atoms with Gasteiger partial charge in [-0.25, -0.2) is 4.79 Å². The topological polar surface area (TPSA) is 235 Å². The molecule has 13 nitrogen and oxygen atoms in total. The fraction of sp³-hybridized carbons (Fsp3) is 0.643. The lowest BCUT2D eigenvalue weighted by molar-refractivity contribution is -0.142. The van der Waals surface area contributed by atoms with Crippen molar-refractivity contribution in [3.05, 3.63) is 0 Å². The van der Waals surface area contributed by atoms with Crippen LogP contribution in [-0.4, -0.2) is 83.4 Å². The van der Waals surface area contributed by atoms with Gasteiger partial charge in [-0.3, -0.25) is 19.4 Å². The van der Waals surface area contributed by atoms with E-state index in [-0.39, 0.29) is 24.7 Å². The maximum atomic E-state index is 11.9. The molecule has 0 heterocycles. The quantitative estimate of drug-likeness (QED) is 0.0601. The molecule has 0 bridgehead atoms. The van der Waals surface area contributed by atoms with E-state index in [4.69, 9.17) is 22.3 Å². The molecule has 0 spiro atoms. The molecule has 28 heavy (non-hydrogen) atoms. The summed E-state index contributed by atoms with van der Waals surface area (Å²) < 4.78 is 0. The molecule has 0 saturated carbocycles. The molecule has 0 saturated heterocycles. The highest BCUT2D eigenvalue weighted by atomic mass is 32.1. The van der Waals surface area contributed by atoms with E-state index < -0.39 is 55.0 Å². The van der Waals surface area contributed by atoms with Gasteiger partial charge in [-0.1, -0.05) is 0 Å². The summed E-state index contributed by atoms with van der Waals surface area (Å²) in [6.07, 6.45) is 0.383. The Morgan fingerprint density at radius 3 is 2.21 bits per heavy atom. The summed E-state index contributed by atoms with van der Waals surface area (Å²) in [5, 5.41) is 25.0. The average Bonchev–Trinajstić information content (AvgIpc) is 2.64. The first-order chi connectivity index (χ1) is 13.1. The molecule has 3 amide bonds. The molecular formula is C14H27N7O6S. The number of amides is 3. The number of carboxylic acids is 1. The molecule has 0 fully saturated rings. The van der Waals surface area contributed by atoms with E-state index in [2.05, 4.69) is 33.6 Å². The van der Waals surface area contributed by atoms with Gasteiger partial charge in [-0.15, -0.1) is 0 Å². The number of hydrogen-bond acceptors (Lipinski definition) is 8. The smallest absolute Gasteiger partial charge is 0.326 e. The number of guanidine groups is 1. The minimum absolute atomic E-state index is 0.0355. The van der Waals surface area contributed by atoms with Crippen LogP contribution >= 0.6 is 12.6 Å². The number of aliphatic hydroxyl groups excluding tert-OH is 1. The summed E-state index contributed by atoms with van der Waals surface area (Å²) in [6, 6.07) is -3.48. The monoisotopic (exact) mass is 421 g/mol. The molecule has 0 rings (SSSR count). The Morgan fingerprint density at radius 2 is 1.71 bits per heavy atom. The molecule has 0 aliphatic carbocycles. The van der Waals surface area contributed by atoms with Crippen molar-refractivity contribution in [1.29, 1.82) is 0 Å². The molecule has 0 aliphatic heterocycles. The molecule has 0 radical (unpaired) electrons. The number of nitrogens with two attached hydrogens (primary N) is 3. The van der Waals surface area contributed by atoms with E-state index in [9.17, 15) is 24.3 Å². The van der Waals surface area contributed by atoms with Crippen molar-refractivity contribution in [3.63, 3.8) is 0 Å². The van der Waals surface area contributed by atoms with Gasteiger partial charge in [0.15, 0.2) is 5.96 Å². The second-order valence-corrected chi connectivity index (χ2v) is 6.02. The second kappa shape index (κ2) is 13.6. The van der Waals surface area contributed by atoms with Gasteiger partial charge in [0.2, 0.25) is 17.7 Å². The predicted octanol–water partition coefficient (Wildman–Crippen LogP) is -4.54. The van der Waals surface area contributed by atoms with Gasteiger partial charge in [0.1, 0.15) is 12.1 Å². The van der Waals surface area contributed by atoms with Gasteiger partial charge in [0, 0.05) is 12.3 Å². The minimum atomic E-state index is -1.32. The summed E-state index contributed by atoms with van der Waals surface area (Å²) in [5.41, 5.74) is 15.8. The van der Waals surface area contributed by atoms with E-state index in [0.717, 1.165) is 0 Å². The van der Waals surface area contributed by atoms with Gasteiger partial charge in [0.25, 0.3) is 0 Å². The third kappa shape index (κ3) is 10.5. The van der Waals surface area contributed by atoms with E-state index >= 15 is 0 Å². The first-order valence-corrected chi connectivity index (χ1v) is 8.88. The summed E-state index contributed by atoms with van der Waals surface area (Å²) in [6.45, 7) is -1.08. The number of nitrogens with zero attached hydrogens (tertiary/aromatic N) is 1. The zero-order chi connectivity index (χ0) is 21.7. The van der Waals surface area contributed by atoms with E-state index in [1.165, 1.54) is 0 Å². The highest BCUT2D eigenvalue weighted by molar-refractivity contribution is 7.80. The Labute approximate surface area is 166 Å². The summed E-state index contributed by atoms with van der Waals surface area (Å²) in [4.78, 5) is 50.3. The largest absolute Gasteiger partial charge is 0.480 e. The first kappa shape index (κ1) is 25.4. The van der Waals surface area contributed by atoms with Crippen LogP contribution in [0.5, 0.6) is 0 Å². The highest BCUT2D eigenvalue weighted by Crippen LogP contribution is 1.98. The molecule has 11 N–H and O–H groups in total. The van der Waals surface area contributed by atoms with E-state index in [1.807, 2.05) is 0 Å². The lowest BCUT2D eigenvalue weighted by Crippen LogP contribution is -2.55. The Bertz CT molecular complexity index is 585. The second-order valence-electron chi connectivity index (χ2n) is 5.66. The van der Waals surface area contributed by atoms with Crippen molar-refractivity contribution in [2.24, 2.45) is 22.2 Å². The summed E-state index contributed by atoms with van der Waals surface area (Å²) in [7, 11) is 0. The number of carbonyl (C=O) groups excluding carboxylic acids is 3. The average molecular weight is 421 g/mol. The van der Waals surface area contributed by atoms with Gasteiger partial charge >= 0.3 is 5.97 Å². The Balaban J connectivity index is 4.50. The lowest BCUT2D eigenvalue weighted by Gasteiger charge is -2.19. The molecule has 14 heteroatoms. The standard InChI is InChI=1S/C14H27N7O6S/c15-7(6-28)11(24)21-9(5-22)12(25)19-4-10(23)20-8(13(26)27)2-1-3-18-14(16)17/h7-9,22,28H,1-6,15H2,(H,19,25)(H,20,23)(H,21,24)(H,26,27)(H4,16,17,18). The third-order valence-electron chi connectivity index (χ3n) is 3.35. The molecule has 0 aromatic carbocycles. The molecule has 3 atom stereocenters. The number of carbonyl (C=O) groups is 4. The number of thiol groups is 1. The van der Waals surface area contributed by atoms with Crippen LogP contribution in [0.15, 0.2) is 4.99 Å². The van der Waals surface area contributed by atoms with Crippen LogP contribution in [0.3, 0.4) is 0 Å². The van der Waals surface area contributed by atoms with Crippen LogP contribution in [0.25, 0.3) is 0 Å². The Hall–Kier alpha value is -2.58. The van der Waals surface area contributed by atoms with E-state index in [0.29, 0.717) is 6.42 Å². The Kier molecular flexibility index (Phi) is 12.3. The maximum Gasteiger partial charge on any atom is 0.326 e. The number of carboxylic acid groups (broad SMARTS) is 1. The van der Waals surface area contributed by atoms with Crippen molar-refractivity contribution in [2.75, 3.05) is 25.4 Å². The number of rotatable bonds is 13. The number of aliphatic imine (C=N–C) groups is 1. The van der Waals surface area contributed by atoms with Crippen LogP contribution < -0.4 is 33.2 Å². The predicted molar refractivity (Wildman–Crippen MR) is 103 cm³/mol. The molecule has 160 valence electrons. The van der Waals surface area contributed by atoms with Crippen LogP contribution in [0.1, 0.15) is 12.8 Å². The number of aliphatic hydroxyl groups is 1. The number of aliphatic carboxylic acids is 1. The van der Waals surface area contributed by atoms with Gasteiger partial charge in [0.05, 0.1) is 19.2 Å². The number of nitrogens with one attached hydrogen (secondary N) is 3. The molecule has 3 unspecified atom stereocenters. The van der Waals surface area contributed by atoms with Crippen molar-refractivity contribution in [1.82, 2.24) is 16.0 Å². The van der Waals surface area contributed by atoms with Crippen LogP contribution in [-0.2, 0) is 19.2 Å². The summed E-state index contributed by atoms with van der Waals surface area (Å²) >= 11 is 3.85. The molecule has 0 aromatic rings. The lowest BCUT2D eigenvalue weighted by atomic mass is 10.1. The zero-order valence-corrected chi connectivity index (χ0v) is 16.0. The van der Waals surface area contributed by atoms with Crippen LogP contribution in [0.2, 0.25) is 0 Å². The number of hydrogen-bond donors (Lipinski definition) is 9. The van der Waals surface area contributed by atoms with E-state index in [1.54, 1.807) is 0 Å². The highest BCUT2D eigenvalue weighted by Gasteiger charge is 2.24. The summed E-state index contributed by atoms with van der Waals surface area (Å²) in [5.74, 6) is -3.64. The zero-order valence-electron chi connectivity index (χ0n) is 15.1. The first-order valence-electron chi connectivity index (χ1n) is 8.25. The maximum absolute atomic E-state index is 11.9. The molecule has 0 aliphatic rings. The van der Waals surface area contributed by atoms with Gasteiger partial charge in [-0.05, 0) is 12.8 Å². The van der Waals surface area contributed by atoms with Crippen molar-refractivity contribution < 1.29 is 29.4 Å². The van der Waals surface area contributed by atoms with Gasteiger partial charge in [-0.2, -0.15) is 12.6 Å². The SMILES string of the molecule is NC(N)=NCCCC(NC(=O)CNC(=O)C(CO)NC(=O)C(N)CS)C(=O)O. The van der Waals surface area contributed by atoms with Gasteiger partial charge < -0.3 is 43.4 Å². The Morgan fingerprint density at radius 1 is 1.07 bits per heavy atom. The third-order valence-corrected chi connectivity index (χ3v) is 3.74. The molecular weight excluding hydrogens is 394 g/mol.